The number of nitrogens with zero attached hydrogens (tertiary/aromatic N) is 1. The van der Waals surface area contributed by atoms with Crippen molar-refractivity contribution >= 4 is 41.3 Å². The van der Waals surface area contributed by atoms with E-state index in [9.17, 15) is 30.0 Å². The lowest BCUT2D eigenvalue weighted by Gasteiger charge is -2.32. The van der Waals surface area contributed by atoms with Gasteiger partial charge in [-0.3, -0.25) is 4.79 Å². The van der Waals surface area contributed by atoms with Crippen LogP contribution in [0.5, 0.6) is 5.75 Å². The standard InChI is InChI=1S/C17H24N2O8S3/c1-12(20)18-16-9-15(3-4-17(16)27-2)30(25,26)19(13-5-7-28(21,22)10-13)14-6-8-29(23,24)11-14/h3-4,9,13-14H,5-8,10-11H2,1-2H3,(H,18,20)/t13-,14+. The predicted octanol–water partition coefficient (Wildman–Crippen LogP) is 0.0185. The van der Waals surface area contributed by atoms with Crippen molar-refractivity contribution in [2.24, 2.45) is 0 Å². The molecule has 2 fully saturated rings. The first-order valence-corrected chi connectivity index (χ1v) is 14.3. The quantitative estimate of drug-likeness (QED) is 0.600. The Morgan fingerprint density at radius 3 is 2.00 bits per heavy atom. The molecular formula is C17H24N2O8S3. The number of nitrogens with one attached hydrogen (secondary N) is 1. The number of carbonyl (C=O) groups excluding carboxylic acids is 1. The van der Waals surface area contributed by atoms with Gasteiger partial charge in [-0.05, 0) is 31.0 Å². The molecule has 0 spiro atoms. The highest BCUT2D eigenvalue weighted by Crippen LogP contribution is 2.34. The summed E-state index contributed by atoms with van der Waals surface area (Å²) in [6, 6.07) is 2.22. The summed E-state index contributed by atoms with van der Waals surface area (Å²) in [5.41, 5.74) is 0.143. The molecule has 0 radical (unpaired) electrons. The fourth-order valence-electron chi connectivity index (χ4n) is 3.90. The highest BCUT2D eigenvalue weighted by Gasteiger charge is 2.46. The molecule has 2 heterocycles. The van der Waals surface area contributed by atoms with Crippen molar-refractivity contribution in [2.75, 3.05) is 35.4 Å². The lowest BCUT2D eigenvalue weighted by molar-refractivity contribution is -0.114. The molecule has 1 aromatic rings. The Hall–Kier alpha value is -1.70. The molecule has 30 heavy (non-hydrogen) atoms. The number of rotatable bonds is 6. The third-order valence-corrected chi connectivity index (χ3v) is 10.7. The van der Waals surface area contributed by atoms with Crippen LogP contribution in [0.25, 0.3) is 0 Å². The Labute approximate surface area is 176 Å². The van der Waals surface area contributed by atoms with Crippen LogP contribution in [0, 0.1) is 0 Å². The van der Waals surface area contributed by atoms with Crippen molar-refractivity contribution in [1.82, 2.24) is 4.31 Å². The molecule has 0 aromatic heterocycles. The molecule has 1 aromatic carbocycles. The molecule has 2 saturated heterocycles. The maximum atomic E-state index is 13.5. The number of anilines is 1. The number of amides is 1. The van der Waals surface area contributed by atoms with Crippen molar-refractivity contribution in [3.05, 3.63) is 18.2 Å². The zero-order chi connectivity index (χ0) is 22.3. The van der Waals surface area contributed by atoms with Gasteiger partial charge < -0.3 is 10.1 Å². The lowest BCUT2D eigenvalue weighted by atomic mass is 10.2. The fourth-order valence-corrected chi connectivity index (χ4v) is 9.41. The molecule has 0 saturated carbocycles. The van der Waals surface area contributed by atoms with E-state index in [0.29, 0.717) is 0 Å². The van der Waals surface area contributed by atoms with Gasteiger partial charge in [0.05, 0.1) is 40.7 Å². The van der Waals surface area contributed by atoms with Gasteiger partial charge in [0, 0.05) is 19.0 Å². The Kier molecular flexibility index (Phi) is 6.20. The van der Waals surface area contributed by atoms with Crippen molar-refractivity contribution in [1.29, 1.82) is 0 Å². The van der Waals surface area contributed by atoms with Crippen LogP contribution < -0.4 is 10.1 Å². The normalized spacial score (nSPS) is 25.3. The molecule has 0 aliphatic carbocycles. The van der Waals surface area contributed by atoms with Crippen LogP contribution in [0.15, 0.2) is 23.1 Å². The van der Waals surface area contributed by atoms with Gasteiger partial charge in [0.15, 0.2) is 19.7 Å². The van der Waals surface area contributed by atoms with E-state index < -0.39 is 47.7 Å². The molecule has 1 amide bonds. The molecule has 13 heteroatoms. The average molecular weight is 481 g/mol. The van der Waals surface area contributed by atoms with Crippen LogP contribution >= 0.6 is 0 Å². The van der Waals surface area contributed by atoms with E-state index in [1.165, 1.54) is 32.2 Å². The zero-order valence-corrected chi connectivity index (χ0v) is 19.0. The van der Waals surface area contributed by atoms with Gasteiger partial charge in [0.2, 0.25) is 15.9 Å². The molecule has 2 aliphatic rings. The van der Waals surface area contributed by atoms with E-state index in [4.69, 9.17) is 4.74 Å². The summed E-state index contributed by atoms with van der Waals surface area (Å²) in [6.07, 6.45) is 0.208. The highest BCUT2D eigenvalue weighted by molar-refractivity contribution is 7.92. The number of carbonyl (C=O) groups is 1. The first kappa shape index (κ1) is 23.0. The van der Waals surface area contributed by atoms with Crippen molar-refractivity contribution < 1.29 is 34.8 Å². The van der Waals surface area contributed by atoms with Gasteiger partial charge in [-0.25, -0.2) is 25.3 Å². The number of ether oxygens (including phenoxy) is 1. The minimum absolute atomic E-state index is 0.104. The second-order valence-electron chi connectivity index (χ2n) is 7.49. The van der Waals surface area contributed by atoms with E-state index >= 15 is 0 Å². The van der Waals surface area contributed by atoms with Gasteiger partial charge in [0.1, 0.15) is 5.75 Å². The van der Waals surface area contributed by atoms with E-state index in [1.54, 1.807) is 0 Å². The highest BCUT2D eigenvalue weighted by atomic mass is 32.2. The summed E-state index contributed by atoms with van der Waals surface area (Å²) in [6.45, 7) is 1.26. The summed E-state index contributed by atoms with van der Waals surface area (Å²) in [7, 11) is -9.70. The molecular weight excluding hydrogens is 456 g/mol. The molecule has 2 aliphatic heterocycles. The zero-order valence-electron chi connectivity index (χ0n) is 16.6. The summed E-state index contributed by atoms with van der Waals surface area (Å²) >= 11 is 0. The van der Waals surface area contributed by atoms with Gasteiger partial charge >= 0.3 is 0 Å². The molecule has 3 rings (SSSR count). The minimum Gasteiger partial charge on any atom is -0.495 e. The largest absolute Gasteiger partial charge is 0.495 e. The number of hydrogen-bond acceptors (Lipinski definition) is 8. The van der Waals surface area contributed by atoms with E-state index in [-0.39, 0.29) is 52.2 Å². The number of sulfonamides is 1. The number of hydrogen-bond donors (Lipinski definition) is 1. The first-order valence-electron chi connectivity index (χ1n) is 9.25. The number of sulfone groups is 2. The smallest absolute Gasteiger partial charge is 0.243 e. The van der Waals surface area contributed by atoms with Crippen molar-refractivity contribution in [2.45, 2.75) is 36.7 Å². The summed E-state index contributed by atoms with van der Waals surface area (Å²) in [5.74, 6) is -1.17. The van der Waals surface area contributed by atoms with Crippen LogP contribution in [0.4, 0.5) is 5.69 Å². The minimum atomic E-state index is -4.25. The van der Waals surface area contributed by atoms with Gasteiger partial charge in [-0.2, -0.15) is 4.31 Å². The van der Waals surface area contributed by atoms with Gasteiger partial charge in [-0.15, -0.1) is 0 Å². The molecule has 0 unspecified atom stereocenters. The summed E-state index contributed by atoms with van der Waals surface area (Å²) < 4.78 is 81.3. The number of methoxy groups -OCH3 is 1. The molecule has 168 valence electrons. The Morgan fingerprint density at radius 1 is 1.07 bits per heavy atom. The first-order chi connectivity index (χ1) is 13.8. The average Bonchev–Trinajstić information content (AvgIpc) is 3.15. The topological polar surface area (TPSA) is 144 Å². The van der Waals surface area contributed by atoms with Gasteiger partial charge in [-0.1, -0.05) is 0 Å². The number of benzene rings is 1. The monoisotopic (exact) mass is 480 g/mol. The summed E-state index contributed by atoms with van der Waals surface area (Å²) in [4.78, 5) is 11.3. The third-order valence-electron chi connectivity index (χ3n) is 5.19. The van der Waals surface area contributed by atoms with E-state index in [0.717, 1.165) is 4.31 Å². The van der Waals surface area contributed by atoms with Crippen molar-refractivity contribution in [3.8, 4) is 5.75 Å². The van der Waals surface area contributed by atoms with Crippen LogP contribution in [0.1, 0.15) is 19.8 Å². The SMILES string of the molecule is COc1ccc(S(=O)(=O)N([C@@H]2CCS(=O)(=O)C2)[C@H]2CCS(=O)(=O)C2)cc1NC(C)=O. The lowest BCUT2D eigenvalue weighted by Crippen LogP contribution is -2.48. The third kappa shape index (κ3) is 4.79. The molecule has 1 N–H and O–H groups in total. The van der Waals surface area contributed by atoms with Crippen LogP contribution in [-0.4, -0.2) is 77.7 Å². The second kappa shape index (κ2) is 8.09. The molecule has 0 bridgehead atoms. The second-order valence-corrected chi connectivity index (χ2v) is 13.8. The maximum absolute atomic E-state index is 13.5. The fraction of sp³-hybridized carbons (Fsp3) is 0.588. The molecule has 2 atom stereocenters. The van der Waals surface area contributed by atoms with Crippen LogP contribution in [0.2, 0.25) is 0 Å². The maximum Gasteiger partial charge on any atom is 0.243 e. The predicted molar refractivity (Wildman–Crippen MR) is 110 cm³/mol. The van der Waals surface area contributed by atoms with Gasteiger partial charge in [0.25, 0.3) is 0 Å². The van der Waals surface area contributed by atoms with Crippen LogP contribution in [0.3, 0.4) is 0 Å². The van der Waals surface area contributed by atoms with E-state index in [1.807, 2.05) is 0 Å². The Morgan fingerprint density at radius 2 is 1.60 bits per heavy atom. The summed E-state index contributed by atoms with van der Waals surface area (Å²) in [5, 5.41) is 2.50. The Balaban J connectivity index is 2.07. The van der Waals surface area contributed by atoms with Crippen LogP contribution in [-0.2, 0) is 34.5 Å². The van der Waals surface area contributed by atoms with Crippen molar-refractivity contribution in [3.63, 3.8) is 0 Å². The molecule has 10 nitrogen and oxygen atoms in total. The van der Waals surface area contributed by atoms with E-state index in [2.05, 4.69) is 5.32 Å². The Bertz CT molecular complexity index is 1120.